The van der Waals surface area contributed by atoms with Gasteiger partial charge in [-0.1, -0.05) is 18.2 Å². The molecule has 0 unspecified atom stereocenters. The minimum Gasteiger partial charge on any atom is -0.444 e. The Morgan fingerprint density at radius 3 is 2.46 bits per heavy atom. The van der Waals surface area contributed by atoms with Crippen molar-refractivity contribution in [2.24, 2.45) is 0 Å². The number of likely N-dealkylation sites (N-methyl/N-ethyl adjacent to an activating group) is 1. The van der Waals surface area contributed by atoms with Crippen molar-refractivity contribution >= 4 is 12.0 Å². The molecular weight excluding hydrogens is 334 g/mol. The SMILES string of the molecule is CNC(=O)CN(Cc1nc(-c2ccccc2)oc1C)C(=O)OC(C)(C)C. The van der Waals surface area contributed by atoms with Crippen molar-refractivity contribution in [2.45, 2.75) is 39.8 Å². The minimum absolute atomic E-state index is 0.116. The second-order valence-corrected chi connectivity index (χ2v) is 6.90. The molecule has 2 aromatic rings. The van der Waals surface area contributed by atoms with E-state index in [2.05, 4.69) is 10.3 Å². The summed E-state index contributed by atoms with van der Waals surface area (Å²) in [6.07, 6.45) is -0.579. The van der Waals surface area contributed by atoms with Crippen LogP contribution in [-0.2, 0) is 16.1 Å². The number of benzene rings is 1. The van der Waals surface area contributed by atoms with E-state index in [-0.39, 0.29) is 19.0 Å². The number of oxazole rings is 1. The second-order valence-electron chi connectivity index (χ2n) is 6.90. The summed E-state index contributed by atoms with van der Waals surface area (Å²) in [5, 5.41) is 2.51. The quantitative estimate of drug-likeness (QED) is 0.886. The molecule has 2 amide bonds. The maximum atomic E-state index is 12.5. The summed E-state index contributed by atoms with van der Waals surface area (Å²) in [5.41, 5.74) is 0.766. The topological polar surface area (TPSA) is 84.7 Å². The first-order valence-electron chi connectivity index (χ1n) is 8.40. The fourth-order valence-corrected chi connectivity index (χ4v) is 2.22. The number of aromatic nitrogens is 1. The molecular formula is C19H25N3O4. The first kappa shape index (κ1) is 19.5. The number of aryl methyl sites for hydroxylation is 1. The number of hydrogen-bond donors (Lipinski definition) is 1. The number of ether oxygens (including phenoxy) is 1. The molecule has 26 heavy (non-hydrogen) atoms. The molecule has 0 radical (unpaired) electrons. The molecule has 0 aliphatic heterocycles. The summed E-state index contributed by atoms with van der Waals surface area (Å²) in [7, 11) is 1.52. The van der Waals surface area contributed by atoms with Crippen LogP contribution in [-0.4, -0.2) is 41.1 Å². The highest BCUT2D eigenvalue weighted by molar-refractivity contribution is 5.82. The highest BCUT2D eigenvalue weighted by Gasteiger charge is 2.26. The molecule has 0 aliphatic carbocycles. The lowest BCUT2D eigenvalue weighted by molar-refractivity contribution is -0.121. The largest absolute Gasteiger partial charge is 0.444 e. The Bertz CT molecular complexity index is 763. The third-order valence-corrected chi connectivity index (χ3v) is 3.52. The fraction of sp³-hybridized carbons (Fsp3) is 0.421. The van der Waals surface area contributed by atoms with Crippen molar-refractivity contribution in [3.05, 3.63) is 41.8 Å². The molecule has 0 fully saturated rings. The van der Waals surface area contributed by atoms with Crippen LogP contribution >= 0.6 is 0 Å². The molecule has 0 saturated heterocycles. The van der Waals surface area contributed by atoms with Crippen molar-refractivity contribution in [3.8, 4) is 11.5 Å². The molecule has 140 valence electrons. The van der Waals surface area contributed by atoms with E-state index < -0.39 is 11.7 Å². The zero-order valence-corrected chi connectivity index (χ0v) is 15.8. The Morgan fingerprint density at radius 1 is 1.23 bits per heavy atom. The van der Waals surface area contributed by atoms with Gasteiger partial charge in [0.15, 0.2) is 0 Å². The number of carbonyl (C=O) groups excluding carboxylic acids is 2. The maximum absolute atomic E-state index is 12.5. The van der Waals surface area contributed by atoms with Crippen molar-refractivity contribution in [3.63, 3.8) is 0 Å². The van der Waals surface area contributed by atoms with E-state index in [4.69, 9.17) is 9.15 Å². The number of nitrogens with one attached hydrogen (secondary N) is 1. The molecule has 1 heterocycles. The molecule has 2 rings (SSSR count). The first-order chi connectivity index (χ1) is 12.2. The zero-order valence-electron chi connectivity index (χ0n) is 15.8. The molecule has 1 aromatic carbocycles. The van der Waals surface area contributed by atoms with E-state index in [9.17, 15) is 9.59 Å². The van der Waals surface area contributed by atoms with Crippen LogP contribution in [0.3, 0.4) is 0 Å². The Hall–Kier alpha value is -2.83. The van der Waals surface area contributed by atoms with Crippen LogP contribution in [0.4, 0.5) is 4.79 Å². The van der Waals surface area contributed by atoms with E-state index in [1.807, 2.05) is 30.3 Å². The van der Waals surface area contributed by atoms with Gasteiger partial charge in [0.05, 0.1) is 6.54 Å². The number of nitrogens with zero attached hydrogens (tertiary/aromatic N) is 2. The smallest absolute Gasteiger partial charge is 0.411 e. The lowest BCUT2D eigenvalue weighted by atomic mass is 10.2. The number of rotatable bonds is 5. The summed E-state index contributed by atoms with van der Waals surface area (Å²) in [6, 6.07) is 9.49. The van der Waals surface area contributed by atoms with Gasteiger partial charge in [0.1, 0.15) is 23.6 Å². The van der Waals surface area contributed by atoms with Crippen LogP contribution in [0.5, 0.6) is 0 Å². The van der Waals surface area contributed by atoms with Gasteiger partial charge in [-0.15, -0.1) is 0 Å². The summed E-state index contributed by atoms with van der Waals surface area (Å²) >= 11 is 0. The fourth-order valence-electron chi connectivity index (χ4n) is 2.22. The van der Waals surface area contributed by atoms with Crippen LogP contribution in [0.2, 0.25) is 0 Å². The van der Waals surface area contributed by atoms with Crippen molar-refractivity contribution < 1.29 is 18.7 Å². The first-order valence-corrected chi connectivity index (χ1v) is 8.40. The standard InChI is InChI=1S/C19H25N3O4/c1-13-15(21-17(25-13)14-9-7-6-8-10-14)11-22(12-16(23)20-5)18(24)26-19(2,3)4/h6-10H,11-12H2,1-5H3,(H,20,23). The highest BCUT2D eigenvalue weighted by atomic mass is 16.6. The predicted octanol–water partition coefficient (Wildman–Crippen LogP) is 3.13. The molecule has 7 nitrogen and oxygen atoms in total. The van der Waals surface area contributed by atoms with E-state index >= 15 is 0 Å². The summed E-state index contributed by atoms with van der Waals surface area (Å²) in [6.45, 7) is 7.10. The normalized spacial score (nSPS) is 11.1. The lowest BCUT2D eigenvalue weighted by Gasteiger charge is -2.26. The molecule has 7 heteroatoms. The van der Waals surface area contributed by atoms with Gasteiger partial charge in [0, 0.05) is 12.6 Å². The van der Waals surface area contributed by atoms with E-state index in [1.54, 1.807) is 27.7 Å². The molecule has 0 bridgehead atoms. The zero-order chi connectivity index (χ0) is 19.3. The molecule has 0 aliphatic rings. The average Bonchev–Trinajstić information content (AvgIpc) is 2.94. The second kappa shape index (κ2) is 8.03. The van der Waals surface area contributed by atoms with Gasteiger partial charge in [0.2, 0.25) is 11.8 Å². The average molecular weight is 359 g/mol. The Morgan fingerprint density at radius 2 is 1.88 bits per heavy atom. The summed E-state index contributed by atoms with van der Waals surface area (Å²) < 4.78 is 11.1. The third kappa shape index (κ3) is 5.34. The molecule has 0 atom stereocenters. The van der Waals surface area contributed by atoms with Gasteiger partial charge in [-0.05, 0) is 39.8 Å². The van der Waals surface area contributed by atoms with Crippen molar-refractivity contribution in [1.29, 1.82) is 0 Å². The molecule has 0 spiro atoms. The van der Waals surface area contributed by atoms with Crippen LogP contribution in [0, 0.1) is 6.92 Å². The van der Waals surface area contributed by atoms with E-state index in [0.29, 0.717) is 17.3 Å². The summed E-state index contributed by atoms with van der Waals surface area (Å²) in [5.74, 6) is 0.775. The Labute approximate surface area is 153 Å². The van der Waals surface area contributed by atoms with Gasteiger partial charge in [-0.2, -0.15) is 0 Å². The number of carbonyl (C=O) groups is 2. The third-order valence-electron chi connectivity index (χ3n) is 3.52. The van der Waals surface area contributed by atoms with Crippen LogP contribution in [0.25, 0.3) is 11.5 Å². The minimum atomic E-state index is -0.661. The van der Waals surface area contributed by atoms with Gasteiger partial charge >= 0.3 is 6.09 Å². The van der Waals surface area contributed by atoms with E-state index in [1.165, 1.54) is 11.9 Å². The monoisotopic (exact) mass is 359 g/mol. The molecule has 1 aromatic heterocycles. The number of hydrogen-bond acceptors (Lipinski definition) is 5. The van der Waals surface area contributed by atoms with Gasteiger partial charge in [-0.25, -0.2) is 9.78 Å². The van der Waals surface area contributed by atoms with Crippen LogP contribution < -0.4 is 5.32 Å². The van der Waals surface area contributed by atoms with Gasteiger partial charge in [0.25, 0.3) is 0 Å². The van der Waals surface area contributed by atoms with Crippen molar-refractivity contribution in [2.75, 3.05) is 13.6 Å². The number of amides is 2. The van der Waals surface area contributed by atoms with E-state index in [0.717, 1.165) is 5.56 Å². The Balaban J connectivity index is 2.23. The van der Waals surface area contributed by atoms with Gasteiger partial charge < -0.3 is 14.5 Å². The summed E-state index contributed by atoms with van der Waals surface area (Å²) in [4.78, 5) is 30.1. The molecule has 1 N–H and O–H groups in total. The lowest BCUT2D eigenvalue weighted by Crippen LogP contribution is -2.42. The van der Waals surface area contributed by atoms with Crippen LogP contribution in [0.15, 0.2) is 34.7 Å². The molecule has 0 saturated carbocycles. The maximum Gasteiger partial charge on any atom is 0.411 e. The Kier molecular flexibility index (Phi) is 6.02. The van der Waals surface area contributed by atoms with Gasteiger partial charge in [-0.3, -0.25) is 9.69 Å². The van der Waals surface area contributed by atoms with Crippen molar-refractivity contribution in [1.82, 2.24) is 15.2 Å². The highest BCUT2D eigenvalue weighted by Crippen LogP contribution is 2.22. The van der Waals surface area contributed by atoms with Crippen LogP contribution in [0.1, 0.15) is 32.2 Å². The predicted molar refractivity (Wildman–Crippen MR) is 97.4 cm³/mol.